The lowest BCUT2D eigenvalue weighted by Gasteiger charge is -2.22. The number of nitrogens with one attached hydrogen (secondary N) is 1. The van der Waals surface area contributed by atoms with Crippen LogP contribution in [0.1, 0.15) is 6.92 Å². The second-order valence-corrected chi connectivity index (χ2v) is 1.71. The van der Waals surface area contributed by atoms with Crippen molar-refractivity contribution in [3.05, 3.63) is 34.4 Å². The van der Waals surface area contributed by atoms with E-state index < -0.39 is 0 Å². The molecule has 0 radical (unpaired) electrons. The van der Waals surface area contributed by atoms with E-state index in [-0.39, 0.29) is 6.54 Å². The van der Waals surface area contributed by atoms with Crippen molar-refractivity contribution in [1.82, 2.24) is 10.7 Å². The Morgan fingerprint density at radius 3 is 2.91 bits per heavy atom. The van der Waals surface area contributed by atoms with Crippen molar-refractivity contribution in [3.63, 3.8) is 0 Å². The molecule has 0 saturated heterocycles. The zero-order chi connectivity index (χ0) is 8.53. The summed E-state index contributed by atoms with van der Waals surface area (Å²) in [6.07, 6.45) is 6.92. The molecule has 0 rings (SSSR count). The second-order valence-electron chi connectivity index (χ2n) is 1.71. The summed E-state index contributed by atoms with van der Waals surface area (Å²) in [5.74, 6) is 0. The summed E-state index contributed by atoms with van der Waals surface area (Å²) < 4.78 is 0. The molecule has 0 aliphatic heterocycles. The number of hydrazine groups is 1. The highest BCUT2D eigenvalue weighted by atomic mass is 16.6. The molecule has 0 heterocycles. The monoisotopic (exact) mass is 156 g/mol. The van der Waals surface area contributed by atoms with Crippen LogP contribution in [0.3, 0.4) is 0 Å². The molecule has 11 heavy (non-hydrogen) atoms. The van der Waals surface area contributed by atoms with Gasteiger partial charge in [-0.25, -0.2) is 5.53 Å². The molecule has 0 bridgehead atoms. The Bertz CT molecular complexity index is 156. The molecule has 5 heteroatoms. The maximum Gasteiger partial charge on any atom is 0.0649 e. The smallest absolute Gasteiger partial charge is 0.0649 e. The molecule has 0 amide bonds. The third-order valence-corrected chi connectivity index (χ3v) is 0.863. The molecule has 0 unspecified atom stereocenters. The van der Waals surface area contributed by atoms with Crippen molar-refractivity contribution in [2.24, 2.45) is 5.29 Å². The zero-order valence-electron chi connectivity index (χ0n) is 6.23. The van der Waals surface area contributed by atoms with Crippen LogP contribution in [0.2, 0.25) is 0 Å². The predicted octanol–water partition coefficient (Wildman–Crippen LogP) is 1.10. The van der Waals surface area contributed by atoms with Gasteiger partial charge in [-0.1, -0.05) is 24.3 Å². The molecular weight excluding hydrogens is 146 g/mol. The normalized spacial score (nSPS) is 11.5. The number of nitroso groups, excluding NO2 is 1. The lowest BCUT2D eigenvalue weighted by Crippen LogP contribution is -2.27. The van der Waals surface area contributed by atoms with Gasteiger partial charge in [0, 0.05) is 6.54 Å². The average molecular weight is 156 g/mol. The van der Waals surface area contributed by atoms with Gasteiger partial charge in [0.2, 0.25) is 0 Å². The lowest BCUT2D eigenvalue weighted by molar-refractivity contribution is 0.305. The third-order valence-electron chi connectivity index (χ3n) is 0.863. The molecule has 0 atom stereocenters. The van der Waals surface area contributed by atoms with E-state index in [1.807, 2.05) is 13.0 Å². The van der Waals surface area contributed by atoms with E-state index >= 15 is 0 Å². The van der Waals surface area contributed by atoms with Gasteiger partial charge < -0.3 is 5.21 Å². The number of hydroxylamine groups is 1. The van der Waals surface area contributed by atoms with Gasteiger partial charge in [0.05, 0.1) is 5.29 Å². The summed E-state index contributed by atoms with van der Waals surface area (Å²) in [5.41, 5.74) is 1.69. The van der Waals surface area contributed by atoms with Crippen molar-refractivity contribution in [3.8, 4) is 0 Å². The molecule has 0 saturated carbocycles. The average Bonchev–Trinajstić information content (AvgIpc) is 1.99. The largest absolute Gasteiger partial charge is 0.766 e. The number of allylic oxidation sites excluding steroid dienone is 3. The van der Waals surface area contributed by atoms with E-state index in [9.17, 15) is 10.1 Å². The fraction of sp³-hybridized carbons (Fsp3) is 0.333. The molecule has 0 aromatic heterocycles. The molecule has 0 fully saturated rings. The van der Waals surface area contributed by atoms with E-state index in [1.165, 1.54) is 0 Å². The van der Waals surface area contributed by atoms with Crippen LogP contribution in [-0.2, 0) is 0 Å². The standard InChI is InChI=1S/C6H10N3O2/c1-2-3-4-5-6-9(11)7-8-10/h2-5H,6H2,1H3,(H,7,10)/q-1/b3-2-,5-4+. The maximum atomic E-state index is 10.4. The minimum Gasteiger partial charge on any atom is -0.766 e. The molecule has 1 N–H and O–H groups in total. The van der Waals surface area contributed by atoms with Crippen molar-refractivity contribution < 1.29 is 0 Å². The van der Waals surface area contributed by atoms with E-state index in [0.717, 1.165) is 0 Å². The zero-order valence-corrected chi connectivity index (χ0v) is 6.23. The molecule has 0 aliphatic carbocycles. The molecule has 0 aliphatic rings. The van der Waals surface area contributed by atoms with Crippen molar-refractivity contribution in [2.45, 2.75) is 6.92 Å². The summed E-state index contributed by atoms with van der Waals surface area (Å²) in [4.78, 5) is 9.46. The number of hydrogen-bond acceptors (Lipinski definition) is 4. The second kappa shape index (κ2) is 6.91. The lowest BCUT2D eigenvalue weighted by atomic mass is 10.4. The van der Waals surface area contributed by atoms with Crippen LogP contribution >= 0.6 is 0 Å². The van der Waals surface area contributed by atoms with Crippen LogP contribution in [0.4, 0.5) is 0 Å². The van der Waals surface area contributed by atoms with Crippen molar-refractivity contribution in [1.29, 1.82) is 0 Å². The Hall–Kier alpha value is -1.20. The Morgan fingerprint density at radius 1 is 1.64 bits per heavy atom. The van der Waals surface area contributed by atoms with Gasteiger partial charge in [-0.3, -0.25) is 5.17 Å². The Balaban J connectivity index is 3.43. The van der Waals surface area contributed by atoms with Gasteiger partial charge >= 0.3 is 0 Å². The molecule has 0 aromatic rings. The summed E-state index contributed by atoms with van der Waals surface area (Å²) in [5, 5.41) is 13.0. The summed E-state index contributed by atoms with van der Waals surface area (Å²) >= 11 is 0. The van der Waals surface area contributed by atoms with Gasteiger partial charge in [-0.15, -0.1) is 4.91 Å². The first-order chi connectivity index (χ1) is 5.31. The third kappa shape index (κ3) is 6.69. The van der Waals surface area contributed by atoms with Crippen LogP contribution in [0.15, 0.2) is 29.6 Å². The first-order valence-electron chi connectivity index (χ1n) is 3.11. The number of hydrogen-bond donors (Lipinski definition) is 1. The molecule has 0 spiro atoms. The van der Waals surface area contributed by atoms with Crippen LogP contribution in [0, 0.1) is 10.1 Å². The molecule has 62 valence electrons. The topological polar surface area (TPSA) is 67.8 Å². The van der Waals surface area contributed by atoms with E-state index in [2.05, 4.69) is 5.29 Å². The fourth-order valence-corrected chi connectivity index (χ4v) is 0.433. The molecule has 0 aromatic carbocycles. The highest BCUT2D eigenvalue weighted by Crippen LogP contribution is 1.81. The molecular formula is C6H10N3O2-. The SMILES string of the molecule is C/C=C\C=C\CN([O-])NN=O. The van der Waals surface area contributed by atoms with Crippen LogP contribution in [0.5, 0.6) is 0 Å². The van der Waals surface area contributed by atoms with Crippen LogP contribution < -0.4 is 5.53 Å². The van der Waals surface area contributed by atoms with E-state index in [0.29, 0.717) is 5.17 Å². The minimum absolute atomic E-state index is 0.0933. The van der Waals surface area contributed by atoms with Crippen molar-refractivity contribution >= 4 is 0 Å². The Kier molecular flexibility index (Phi) is 6.16. The number of rotatable bonds is 5. The van der Waals surface area contributed by atoms with E-state index in [1.54, 1.807) is 23.8 Å². The highest BCUT2D eigenvalue weighted by molar-refractivity contribution is 5.01. The predicted molar refractivity (Wildman–Crippen MR) is 43.0 cm³/mol. The van der Waals surface area contributed by atoms with E-state index in [4.69, 9.17) is 0 Å². The Morgan fingerprint density at radius 2 is 2.36 bits per heavy atom. The fourth-order valence-electron chi connectivity index (χ4n) is 0.433. The first-order valence-corrected chi connectivity index (χ1v) is 3.11. The Labute approximate surface area is 64.9 Å². The first kappa shape index (κ1) is 9.80. The van der Waals surface area contributed by atoms with Gasteiger partial charge in [-0.2, -0.15) is 0 Å². The summed E-state index contributed by atoms with van der Waals surface area (Å²) in [6, 6.07) is 0. The van der Waals surface area contributed by atoms with Crippen LogP contribution in [-0.4, -0.2) is 11.7 Å². The van der Waals surface area contributed by atoms with Gasteiger partial charge in [0.15, 0.2) is 0 Å². The van der Waals surface area contributed by atoms with Gasteiger partial charge in [-0.05, 0) is 6.92 Å². The highest BCUT2D eigenvalue weighted by Gasteiger charge is 1.80. The van der Waals surface area contributed by atoms with Gasteiger partial charge in [0.1, 0.15) is 0 Å². The van der Waals surface area contributed by atoms with Gasteiger partial charge in [0.25, 0.3) is 0 Å². The quantitative estimate of drug-likeness (QED) is 0.367. The summed E-state index contributed by atoms with van der Waals surface area (Å²) in [6.45, 7) is 1.96. The minimum atomic E-state index is 0.0933. The van der Waals surface area contributed by atoms with Crippen molar-refractivity contribution in [2.75, 3.05) is 6.54 Å². The number of nitrogens with zero attached hydrogens (tertiary/aromatic N) is 2. The maximum absolute atomic E-state index is 10.4. The molecule has 5 nitrogen and oxygen atoms in total. The summed E-state index contributed by atoms with van der Waals surface area (Å²) in [7, 11) is 0. The van der Waals surface area contributed by atoms with Crippen LogP contribution in [0.25, 0.3) is 0 Å².